The summed E-state index contributed by atoms with van der Waals surface area (Å²) in [5, 5.41) is 0. The van der Waals surface area contributed by atoms with Gasteiger partial charge in [0.25, 0.3) is 0 Å². The van der Waals surface area contributed by atoms with Gasteiger partial charge in [-0.05, 0) is 42.2 Å². The summed E-state index contributed by atoms with van der Waals surface area (Å²) in [5.74, 6) is 3.15. The summed E-state index contributed by atoms with van der Waals surface area (Å²) in [6.45, 7) is 0. The molecule has 1 unspecified atom stereocenters. The third kappa shape index (κ3) is 2.69. The molecule has 4 heteroatoms. The van der Waals surface area contributed by atoms with Crippen molar-refractivity contribution in [3.05, 3.63) is 47.5 Å². The zero-order valence-electron chi connectivity index (χ0n) is 13.1. The molecule has 2 aromatic carbocycles. The highest BCUT2D eigenvalue weighted by Crippen LogP contribution is 2.39. The van der Waals surface area contributed by atoms with Crippen LogP contribution in [0.3, 0.4) is 0 Å². The SMILES string of the molecule is COc1ccc2c(c1)OC(c1ccc(OC)c(OC)c1)CC2. The van der Waals surface area contributed by atoms with Crippen LogP contribution < -0.4 is 18.9 Å². The molecule has 1 aliphatic rings. The van der Waals surface area contributed by atoms with Crippen molar-refractivity contribution in [2.75, 3.05) is 21.3 Å². The van der Waals surface area contributed by atoms with Crippen molar-refractivity contribution in [1.82, 2.24) is 0 Å². The van der Waals surface area contributed by atoms with E-state index in [0.29, 0.717) is 0 Å². The van der Waals surface area contributed by atoms with Gasteiger partial charge in [0.2, 0.25) is 0 Å². The Morgan fingerprint density at radius 2 is 1.73 bits per heavy atom. The van der Waals surface area contributed by atoms with E-state index in [-0.39, 0.29) is 6.10 Å². The number of hydrogen-bond acceptors (Lipinski definition) is 4. The minimum Gasteiger partial charge on any atom is -0.497 e. The quantitative estimate of drug-likeness (QED) is 0.861. The zero-order valence-corrected chi connectivity index (χ0v) is 13.1. The van der Waals surface area contributed by atoms with E-state index in [4.69, 9.17) is 18.9 Å². The molecule has 1 atom stereocenters. The van der Waals surface area contributed by atoms with E-state index < -0.39 is 0 Å². The molecule has 0 saturated heterocycles. The molecule has 0 aromatic heterocycles. The van der Waals surface area contributed by atoms with Gasteiger partial charge in [0.05, 0.1) is 21.3 Å². The lowest BCUT2D eigenvalue weighted by Gasteiger charge is -2.27. The Morgan fingerprint density at radius 1 is 0.909 bits per heavy atom. The second-order valence-electron chi connectivity index (χ2n) is 5.23. The maximum atomic E-state index is 6.16. The molecule has 1 aliphatic heterocycles. The van der Waals surface area contributed by atoms with Crippen LogP contribution in [-0.4, -0.2) is 21.3 Å². The van der Waals surface area contributed by atoms with E-state index in [9.17, 15) is 0 Å². The number of fused-ring (bicyclic) bond motifs is 1. The molecule has 4 nitrogen and oxygen atoms in total. The molecule has 116 valence electrons. The molecule has 0 spiro atoms. The van der Waals surface area contributed by atoms with Crippen LogP contribution in [0.1, 0.15) is 23.7 Å². The van der Waals surface area contributed by atoms with E-state index in [1.165, 1.54) is 5.56 Å². The van der Waals surface area contributed by atoms with Gasteiger partial charge in [-0.25, -0.2) is 0 Å². The zero-order chi connectivity index (χ0) is 15.5. The number of aryl methyl sites for hydroxylation is 1. The summed E-state index contributed by atoms with van der Waals surface area (Å²) in [4.78, 5) is 0. The van der Waals surface area contributed by atoms with E-state index in [0.717, 1.165) is 41.4 Å². The fourth-order valence-electron chi connectivity index (χ4n) is 2.76. The molecule has 0 bridgehead atoms. The fourth-order valence-corrected chi connectivity index (χ4v) is 2.76. The Bertz CT molecular complexity index is 666. The molecule has 0 aliphatic carbocycles. The first-order chi connectivity index (χ1) is 10.7. The van der Waals surface area contributed by atoms with Gasteiger partial charge in [-0.1, -0.05) is 12.1 Å². The van der Waals surface area contributed by atoms with Gasteiger partial charge in [-0.2, -0.15) is 0 Å². The van der Waals surface area contributed by atoms with Crippen LogP contribution in [0.4, 0.5) is 0 Å². The number of ether oxygens (including phenoxy) is 4. The van der Waals surface area contributed by atoms with Crippen molar-refractivity contribution in [1.29, 1.82) is 0 Å². The second-order valence-corrected chi connectivity index (χ2v) is 5.23. The van der Waals surface area contributed by atoms with Crippen LogP contribution in [0.2, 0.25) is 0 Å². The minimum atomic E-state index is 0.0133. The van der Waals surface area contributed by atoms with Crippen LogP contribution in [0.5, 0.6) is 23.0 Å². The molecule has 0 amide bonds. The highest BCUT2D eigenvalue weighted by atomic mass is 16.5. The summed E-state index contributed by atoms with van der Waals surface area (Å²) in [6.07, 6.45) is 1.94. The van der Waals surface area contributed by atoms with Crippen molar-refractivity contribution in [3.63, 3.8) is 0 Å². The number of hydrogen-bond donors (Lipinski definition) is 0. The van der Waals surface area contributed by atoms with Gasteiger partial charge in [0.1, 0.15) is 17.6 Å². The summed E-state index contributed by atoms with van der Waals surface area (Å²) >= 11 is 0. The van der Waals surface area contributed by atoms with Crippen molar-refractivity contribution in [2.24, 2.45) is 0 Å². The lowest BCUT2D eigenvalue weighted by Crippen LogP contribution is -2.15. The average molecular weight is 300 g/mol. The molecule has 1 heterocycles. The maximum absolute atomic E-state index is 6.16. The van der Waals surface area contributed by atoms with E-state index >= 15 is 0 Å². The van der Waals surface area contributed by atoms with E-state index in [1.54, 1.807) is 21.3 Å². The molecular weight excluding hydrogens is 280 g/mol. The fraction of sp³-hybridized carbons (Fsp3) is 0.333. The van der Waals surface area contributed by atoms with Gasteiger partial charge < -0.3 is 18.9 Å². The van der Waals surface area contributed by atoms with Gasteiger partial charge in [-0.3, -0.25) is 0 Å². The Morgan fingerprint density at radius 3 is 2.45 bits per heavy atom. The maximum Gasteiger partial charge on any atom is 0.161 e. The Balaban J connectivity index is 1.87. The average Bonchev–Trinajstić information content (AvgIpc) is 2.60. The molecule has 0 radical (unpaired) electrons. The standard InChI is InChI=1S/C18H20O4/c1-19-14-7-4-12-5-8-15(22-17(12)11-14)13-6-9-16(20-2)18(10-13)21-3/h4,6-7,9-11,15H,5,8H2,1-3H3. The molecule has 0 N–H and O–H groups in total. The molecule has 0 fully saturated rings. The lowest BCUT2D eigenvalue weighted by molar-refractivity contribution is 0.175. The van der Waals surface area contributed by atoms with Crippen molar-refractivity contribution < 1.29 is 18.9 Å². The smallest absolute Gasteiger partial charge is 0.161 e. The van der Waals surface area contributed by atoms with E-state index in [1.807, 2.05) is 30.3 Å². The number of rotatable bonds is 4. The van der Waals surface area contributed by atoms with Crippen LogP contribution in [0.25, 0.3) is 0 Å². The first-order valence-electron chi connectivity index (χ1n) is 7.30. The minimum absolute atomic E-state index is 0.0133. The van der Waals surface area contributed by atoms with Crippen LogP contribution in [0.15, 0.2) is 36.4 Å². The van der Waals surface area contributed by atoms with Gasteiger partial charge in [-0.15, -0.1) is 0 Å². The topological polar surface area (TPSA) is 36.9 Å². The Hall–Kier alpha value is -2.36. The summed E-state index contributed by atoms with van der Waals surface area (Å²) in [6, 6.07) is 11.9. The number of methoxy groups -OCH3 is 3. The van der Waals surface area contributed by atoms with Crippen LogP contribution in [-0.2, 0) is 6.42 Å². The summed E-state index contributed by atoms with van der Waals surface area (Å²) in [5.41, 5.74) is 2.31. The van der Waals surface area contributed by atoms with E-state index in [2.05, 4.69) is 6.07 Å². The molecule has 3 rings (SSSR count). The monoisotopic (exact) mass is 300 g/mol. The van der Waals surface area contributed by atoms with Crippen molar-refractivity contribution in [3.8, 4) is 23.0 Å². The normalized spacial score (nSPS) is 16.4. The van der Waals surface area contributed by atoms with Crippen molar-refractivity contribution in [2.45, 2.75) is 18.9 Å². The van der Waals surface area contributed by atoms with Crippen LogP contribution in [0, 0.1) is 0 Å². The first-order valence-corrected chi connectivity index (χ1v) is 7.30. The Kier molecular flexibility index (Phi) is 4.09. The first kappa shape index (κ1) is 14.6. The predicted molar refractivity (Wildman–Crippen MR) is 84.2 cm³/mol. The number of benzene rings is 2. The summed E-state index contributed by atoms with van der Waals surface area (Å²) in [7, 11) is 4.94. The third-order valence-corrected chi connectivity index (χ3v) is 4.00. The predicted octanol–water partition coefficient (Wildman–Crippen LogP) is 3.78. The molecule has 22 heavy (non-hydrogen) atoms. The van der Waals surface area contributed by atoms with Gasteiger partial charge in [0.15, 0.2) is 11.5 Å². The highest BCUT2D eigenvalue weighted by Gasteiger charge is 2.22. The van der Waals surface area contributed by atoms with Gasteiger partial charge >= 0.3 is 0 Å². The molecule has 2 aromatic rings. The van der Waals surface area contributed by atoms with Gasteiger partial charge in [0, 0.05) is 6.07 Å². The Labute approximate surface area is 130 Å². The lowest BCUT2D eigenvalue weighted by atomic mass is 9.97. The molecular formula is C18H20O4. The molecule has 0 saturated carbocycles. The largest absolute Gasteiger partial charge is 0.497 e. The summed E-state index contributed by atoms with van der Waals surface area (Å²) < 4.78 is 22.1. The second kappa shape index (κ2) is 6.18. The van der Waals surface area contributed by atoms with Crippen LogP contribution >= 0.6 is 0 Å². The third-order valence-electron chi connectivity index (χ3n) is 4.00. The highest BCUT2D eigenvalue weighted by molar-refractivity contribution is 5.46. The van der Waals surface area contributed by atoms with Crippen molar-refractivity contribution >= 4 is 0 Å².